The lowest BCUT2D eigenvalue weighted by Gasteiger charge is -2.21. The number of thiol groups is 1. The number of hydrogen-bond acceptors (Lipinski definition) is 3. The minimum atomic E-state index is -0.477. The highest BCUT2D eigenvalue weighted by Crippen LogP contribution is 2.09. The number of unbranched alkanes of at least 4 members (excludes halogenated alkanes) is 1. The fourth-order valence-corrected chi connectivity index (χ4v) is 1.88. The SMILES string of the molecule is CCCCN(CC(N)=O)C(=O)Cc1ccc(S)cc1. The summed E-state index contributed by atoms with van der Waals surface area (Å²) in [7, 11) is 0. The summed E-state index contributed by atoms with van der Waals surface area (Å²) in [5.74, 6) is -0.547. The van der Waals surface area contributed by atoms with Crippen molar-refractivity contribution in [3.05, 3.63) is 29.8 Å². The van der Waals surface area contributed by atoms with Gasteiger partial charge < -0.3 is 10.6 Å². The molecule has 0 aliphatic carbocycles. The summed E-state index contributed by atoms with van der Waals surface area (Å²) in [6.45, 7) is 2.60. The molecule has 0 saturated heterocycles. The zero-order chi connectivity index (χ0) is 14.3. The van der Waals surface area contributed by atoms with E-state index in [0.29, 0.717) is 6.54 Å². The molecule has 1 rings (SSSR count). The Labute approximate surface area is 119 Å². The maximum atomic E-state index is 12.1. The highest BCUT2D eigenvalue weighted by molar-refractivity contribution is 7.80. The Morgan fingerprint density at radius 3 is 2.42 bits per heavy atom. The molecule has 1 aromatic carbocycles. The van der Waals surface area contributed by atoms with Crippen LogP contribution >= 0.6 is 12.6 Å². The average molecular weight is 280 g/mol. The summed E-state index contributed by atoms with van der Waals surface area (Å²) in [5.41, 5.74) is 6.08. The first-order valence-corrected chi connectivity index (χ1v) is 6.81. The first kappa shape index (κ1) is 15.6. The van der Waals surface area contributed by atoms with Crippen molar-refractivity contribution in [1.82, 2.24) is 4.90 Å². The van der Waals surface area contributed by atoms with Gasteiger partial charge in [-0.2, -0.15) is 0 Å². The summed E-state index contributed by atoms with van der Waals surface area (Å²) < 4.78 is 0. The standard InChI is InChI=1S/C14H20N2O2S/c1-2-3-8-16(10-13(15)17)14(18)9-11-4-6-12(19)7-5-11/h4-7,19H,2-3,8-10H2,1H3,(H2,15,17). The Hall–Kier alpha value is -1.49. The average Bonchev–Trinajstić information content (AvgIpc) is 2.36. The lowest BCUT2D eigenvalue weighted by molar-refractivity contribution is -0.134. The largest absolute Gasteiger partial charge is 0.368 e. The summed E-state index contributed by atoms with van der Waals surface area (Å²) in [6, 6.07) is 7.41. The fourth-order valence-electron chi connectivity index (χ4n) is 1.73. The number of carbonyl (C=O) groups is 2. The van der Waals surface area contributed by atoms with Crippen LogP contribution in [0.15, 0.2) is 29.2 Å². The molecule has 0 aliphatic heterocycles. The molecular weight excluding hydrogens is 260 g/mol. The van der Waals surface area contributed by atoms with Gasteiger partial charge in [0.05, 0.1) is 13.0 Å². The Bertz CT molecular complexity index is 432. The van der Waals surface area contributed by atoms with Crippen LogP contribution in [-0.4, -0.2) is 29.8 Å². The normalized spacial score (nSPS) is 10.2. The van der Waals surface area contributed by atoms with Gasteiger partial charge in [0, 0.05) is 11.4 Å². The molecule has 5 heteroatoms. The molecule has 0 radical (unpaired) electrons. The van der Waals surface area contributed by atoms with Gasteiger partial charge in [0.25, 0.3) is 0 Å². The summed E-state index contributed by atoms with van der Waals surface area (Å²) >= 11 is 4.20. The van der Waals surface area contributed by atoms with Crippen LogP contribution < -0.4 is 5.73 Å². The predicted octanol–water partition coefficient (Wildman–Crippen LogP) is 1.63. The topological polar surface area (TPSA) is 63.4 Å². The number of benzene rings is 1. The number of primary amides is 1. The van der Waals surface area contributed by atoms with Crippen molar-refractivity contribution in [1.29, 1.82) is 0 Å². The third-order valence-electron chi connectivity index (χ3n) is 2.77. The molecule has 0 unspecified atom stereocenters. The van der Waals surface area contributed by atoms with E-state index in [1.54, 1.807) is 0 Å². The van der Waals surface area contributed by atoms with Crippen LogP contribution in [0.5, 0.6) is 0 Å². The van der Waals surface area contributed by atoms with Crippen LogP contribution in [0, 0.1) is 0 Å². The Kier molecular flexibility index (Phi) is 6.42. The summed E-state index contributed by atoms with van der Waals surface area (Å²) in [5, 5.41) is 0. The quantitative estimate of drug-likeness (QED) is 0.746. The number of amides is 2. The molecule has 1 aromatic rings. The fraction of sp³-hybridized carbons (Fsp3) is 0.429. The monoisotopic (exact) mass is 280 g/mol. The van der Waals surface area contributed by atoms with Crippen molar-refractivity contribution < 1.29 is 9.59 Å². The molecule has 0 spiro atoms. The smallest absolute Gasteiger partial charge is 0.237 e. The number of carbonyl (C=O) groups excluding carboxylic acids is 2. The zero-order valence-electron chi connectivity index (χ0n) is 11.1. The first-order valence-electron chi connectivity index (χ1n) is 6.37. The number of nitrogens with two attached hydrogens (primary N) is 1. The second-order valence-corrected chi connectivity index (χ2v) is 4.99. The van der Waals surface area contributed by atoms with E-state index in [4.69, 9.17) is 5.73 Å². The van der Waals surface area contributed by atoms with E-state index in [9.17, 15) is 9.59 Å². The van der Waals surface area contributed by atoms with E-state index in [2.05, 4.69) is 12.6 Å². The van der Waals surface area contributed by atoms with Gasteiger partial charge in [-0.15, -0.1) is 12.6 Å². The lowest BCUT2D eigenvalue weighted by atomic mass is 10.1. The van der Waals surface area contributed by atoms with Gasteiger partial charge >= 0.3 is 0 Å². The van der Waals surface area contributed by atoms with E-state index in [1.807, 2.05) is 31.2 Å². The third-order valence-corrected chi connectivity index (χ3v) is 3.07. The molecule has 0 aliphatic rings. The Balaban J connectivity index is 2.64. The van der Waals surface area contributed by atoms with Crippen molar-refractivity contribution in [2.75, 3.05) is 13.1 Å². The van der Waals surface area contributed by atoms with E-state index in [1.165, 1.54) is 4.90 Å². The molecule has 0 atom stereocenters. The van der Waals surface area contributed by atoms with Gasteiger partial charge in [-0.25, -0.2) is 0 Å². The van der Waals surface area contributed by atoms with Gasteiger partial charge in [-0.1, -0.05) is 25.5 Å². The van der Waals surface area contributed by atoms with Crippen molar-refractivity contribution in [3.63, 3.8) is 0 Å². The maximum absolute atomic E-state index is 12.1. The number of rotatable bonds is 7. The maximum Gasteiger partial charge on any atom is 0.237 e. The highest BCUT2D eigenvalue weighted by Gasteiger charge is 2.15. The number of nitrogens with zero attached hydrogens (tertiary/aromatic N) is 1. The molecule has 0 fully saturated rings. The molecule has 2 N–H and O–H groups in total. The minimum absolute atomic E-state index is 0.0104. The van der Waals surface area contributed by atoms with E-state index in [0.717, 1.165) is 23.3 Å². The van der Waals surface area contributed by atoms with E-state index in [-0.39, 0.29) is 18.9 Å². The summed E-state index contributed by atoms with van der Waals surface area (Å²) in [4.78, 5) is 25.5. The minimum Gasteiger partial charge on any atom is -0.368 e. The molecule has 19 heavy (non-hydrogen) atoms. The van der Waals surface area contributed by atoms with Gasteiger partial charge in [-0.05, 0) is 24.1 Å². The second-order valence-electron chi connectivity index (χ2n) is 4.48. The molecule has 0 aromatic heterocycles. The Morgan fingerprint density at radius 2 is 1.89 bits per heavy atom. The van der Waals surface area contributed by atoms with Crippen LogP contribution in [0.25, 0.3) is 0 Å². The van der Waals surface area contributed by atoms with E-state index >= 15 is 0 Å². The highest BCUT2D eigenvalue weighted by atomic mass is 32.1. The van der Waals surface area contributed by atoms with Gasteiger partial charge in [-0.3, -0.25) is 9.59 Å². The Morgan fingerprint density at radius 1 is 1.26 bits per heavy atom. The van der Waals surface area contributed by atoms with Crippen LogP contribution in [0.4, 0.5) is 0 Å². The van der Waals surface area contributed by atoms with Crippen LogP contribution in [0.3, 0.4) is 0 Å². The molecule has 0 saturated carbocycles. The molecular formula is C14H20N2O2S. The molecule has 0 bridgehead atoms. The molecule has 4 nitrogen and oxygen atoms in total. The van der Waals surface area contributed by atoms with Crippen molar-refractivity contribution in [2.45, 2.75) is 31.1 Å². The lowest BCUT2D eigenvalue weighted by Crippen LogP contribution is -2.39. The number of hydrogen-bond donors (Lipinski definition) is 2. The van der Waals surface area contributed by atoms with Gasteiger partial charge in [0.15, 0.2) is 0 Å². The van der Waals surface area contributed by atoms with Crippen molar-refractivity contribution in [2.24, 2.45) is 5.73 Å². The van der Waals surface area contributed by atoms with Crippen molar-refractivity contribution >= 4 is 24.4 Å². The molecule has 2 amide bonds. The summed E-state index contributed by atoms with van der Waals surface area (Å²) in [6.07, 6.45) is 2.12. The third kappa shape index (κ3) is 5.79. The van der Waals surface area contributed by atoms with Crippen LogP contribution in [-0.2, 0) is 16.0 Å². The first-order chi connectivity index (χ1) is 9.02. The van der Waals surface area contributed by atoms with Crippen LogP contribution in [0.2, 0.25) is 0 Å². The zero-order valence-corrected chi connectivity index (χ0v) is 12.0. The predicted molar refractivity (Wildman–Crippen MR) is 78.1 cm³/mol. The van der Waals surface area contributed by atoms with Gasteiger partial charge in [0.2, 0.25) is 11.8 Å². The van der Waals surface area contributed by atoms with Gasteiger partial charge in [0.1, 0.15) is 0 Å². The molecule has 104 valence electrons. The van der Waals surface area contributed by atoms with Crippen LogP contribution in [0.1, 0.15) is 25.3 Å². The second kappa shape index (κ2) is 7.84. The van der Waals surface area contributed by atoms with Crippen molar-refractivity contribution in [3.8, 4) is 0 Å². The van der Waals surface area contributed by atoms with E-state index < -0.39 is 5.91 Å². The molecule has 0 heterocycles.